The van der Waals surface area contributed by atoms with Crippen molar-refractivity contribution in [3.8, 4) is 6.07 Å². The maximum Gasteiger partial charge on any atom is 0.134 e. The van der Waals surface area contributed by atoms with Crippen LogP contribution in [0.2, 0.25) is 0 Å². The molecule has 0 spiro atoms. The van der Waals surface area contributed by atoms with Crippen LogP contribution in [-0.2, 0) is 0 Å². The Morgan fingerprint density at radius 1 is 1.90 bits per heavy atom. The van der Waals surface area contributed by atoms with Gasteiger partial charge in [0.2, 0.25) is 0 Å². The van der Waals surface area contributed by atoms with Crippen LogP contribution in [0.5, 0.6) is 0 Å². The van der Waals surface area contributed by atoms with E-state index in [9.17, 15) is 0 Å². The van der Waals surface area contributed by atoms with E-state index in [2.05, 4.69) is 21.3 Å². The number of nitriles is 1. The molecule has 1 atom stereocenters. The van der Waals surface area contributed by atoms with Crippen molar-refractivity contribution in [3.63, 3.8) is 0 Å². The third kappa shape index (κ3) is 1.32. The molecule has 0 aliphatic rings. The Morgan fingerprint density at radius 3 is 3.20 bits per heavy atom. The van der Waals surface area contributed by atoms with Gasteiger partial charge >= 0.3 is 0 Å². The van der Waals surface area contributed by atoms with Crippen LogP contribution in [0.15, 0.2) is 6.33 Å². The standard InChI is InChI=1S/C6H8N4/c1-5(2-3-7)6-8-4-9-10-6/h4-5H,2H2,1H3,(H,8,9,10)/t5-/m1/s1. The number of H-pyrrole nitrogens is 1. The Labute approximate surface area is 58.9 Å². The van der Waals surface area contributed by atoms with Crippen LogP contribution in [0, 0.1) is 11.3 Å². The molecule has 0 amide bonds. The summed E-state index contributed by atoms with van der Waals surface area (Å²) in [5, 5.41) is 15.7. The second-order valence-corrected chi connectivity index (χ2v) is 2.14. The quantitative estimate of drug-likeness (QED) is 0.654. The predicted octanol–water partition coefficient (Wildman–Crippen LogP) is 0.822. The SMILES string of the molecule is C[C@H](CC#N)c1nnc[nH]1. The van der Waals surface area contributed by atoms with Gasteiger partial charge in [0, 0.05) is 12.3 Å². The van der Waals surface area contributed by atoms with Crippen molar-refractivity contribution in [2.24, 2.45) is 0 Å². The largest absolute Gasteiger partial charge is 0.331 e. The summed E-state index contributed by atoms with van der Waals surface area (Å²) in [5.41, 5.74) is 0. The highest BCUT2D eigenvalue weighted by molar-refractivity contribution is 4.94. The summed E-state index contributed by atoms with van der Waals surface area (Å²) >= 11 is 0. The van der Waals surface area contributed by atoms with Gasteiger partial charge in [0.15, 0.2) is 0 Å². The van der Waals surface area contributed by atoms with Crippen molar-refractivity contribution in [2.45, 2.75) is 19.3 Å². The highest BCUT2D eigenvalue weighted by atomic mass is 15.2. The molecule has 0 radical (unpaired) electrons. The van der Waals surface area contributed by atoms with E-state index < -0.39 is 0 Å². The number of hydrogen-bond acceptors (Lipinski definition) is 3. The van der Waals surface area contributed by atoms with Gasteiger partial charge in [0.25, 0.3) is 0 Å². The molecule has 1 aromatic rings. The molecule has 1 heterocycles. The summed E-state index contributed by atoms with van der Waals surface area (Å²) in [6.07, 6.45) is 2.00. The first-order valence-electron chi connectivity index (χ1n) is 3.07. The Bertz CT molecular complexity index is 220. The van der Waals surface area contributed by atoms with Gasteiger partial charge in [-0.2, -0.15) is 5.26 Å². The average molecular weight is 136 g/mol. The van der Waals surface area contributed by atoms with E-state index in [-0.39, 0.29) is 5.92 Å². The van der Waals surface area contributed by atoms with Crippen molar-refractivity contribution >= 4 is 0 Å². The fourth-order valence-corrected chi connectivity index (χ4v) is 0.689. The normalized spacial score (nSPS) is 12.4. The minimum Gasteiger partial charge on any atom is -0.331 e. The zero-order valence-electron chi connectivity index (χ0n) is 5.70. The molecule has 0 bridgehead atoms. The Morgan fingerprint density at radius 2 is 2.70 bits per heavy atom. The van der Waals surface area contributed by atoms with Gasteiger partial charge in [0.05, 0.1) is 6.07 Å². The molecule has 52 valence electrons. The van der Waals surface area contributed by atoms with Crippen molar-refractivity contribution in [3.05, 3.63) is 12.2 Å². The van der Waals surface area contributed by atoms with E-state index in [1.165, 1.54) is 6.33 Å². The second-order valence-electron chi connectivity index (χ2n) is 2.14. The van der Waals surface area contributed by atoms with Gasteiger partial charge in [-0.05, 0) is 0 Å². The summed E-state index contributed by atoms with van der Waals surface area (Å²) in [6, 6.07) is 2.07. The van der Waals surface area contributed by atoms with E-state index in [0.717, 1.165) is 5.82 Å². The monoisotopic (exact) mass is 136 g/mol. The Balaban J connectivity index is 2.61. The third-order valence-corrected chi connectivity index (χ3v) is 1.30. The van der Waals surface area contributed by atoms with Gasteiger partial charge in [-0.1, -0.05) is 6.92 Å². The van der Waals surface area contributed by atoms with Crippen LogP contribution >= 0.6 is 0 Å². The molecule has 0 aromatic carbocycles. The molecule has 0 aliphatic heterocycles. The lowest BCUT2D eigenvalue weighted by molar-refractivity contribution is 0.725. The predicted molar refractivity (Wildman–Crippen MR) is 35.0 cm³/mol. The highest BCUT2D eigenvalue weighted by Gasteiger charge is 2.06. The number of rotatable bonds is 2. The number of nitrogens with zero attached hydrogens (tertiary/aromatic N) is 3. The Kier molecular flexibility index (Phi) is 2.00. The molecule has 1 aromatic heterocycles. The topological polar surface area (TPSA) is 65.4 Å². The fourth-order valence-electron chi connectivity index (χ4n) is 0.689. The van der Waals surface area contributed by atoms with E-state index in [1.54, 1.807) is 0 Å². The third-order valence-electron chi connectivity index (χ3n) is 1.30. The first-order chi connectivity index (χ1) is 4.84. The van der Waals surface area contributed by atoms with Gasteiger partial charge < -0.3 is 4.98 Å². The minimum absolute atomic E-state index is 0.160. The molecule has 4 nitrogen and oxygen atoms in total. The maximum absolute atomic E-state index is 8.32. The Hall–Kier alpha value is -1.37. The number of hydrogen-bond donors (Lipinski definition) is 1. The lowest BCUT2D eigenvalue weighted by Gasteiger charge is -1.98. The van der Waals surface area contributed by atoms with Crippen LogP contribution in [-0.4, -0.2) is 15.2 Å². The van der Waals surface area contributed by atoms with E-state index in [1.807, 2.05) is 6.92 Å². The lowest BCUT2D eigenvalue weighted by Crippen LogP contribution is -1.94. The van der Waals surface area contributed by atoms with Crippen molar-refractivity contribution in [1.29, 1.82) is 5.26 Å². The van der Waals surface area contributed by atoms with Gasteiger partial charge in [-0.3, -0.25) is 0 Å². The van der Waals surface area contributed by atoms with Gasteiger partial charge in [-0.25, -0.2) is 0 Å². The molecule has 0 saturated carbocycles. The average Bonchev–Trinajstić information content (AvgIpc) is 2.38. The van der Waals surface area contributed by atoms with Crippen molar-refractivity contribution in [1.82, 2.24) is 15.2 Å². The highest BCUT2D eigenvalue weighted by Crippen LogP contribution is 2.11. The van der Waals surface area contributed by atoms with E-state index in [4.69, 9.17) is 5.26 Å². The molecular formula is C6H8N4. The van der Waals surface area contributed by atoms with Crippen LogP contribution in [0.1, 0.15) is 25.1 Å². The molecule has 0 fully saturated rings. The summed E-state index contributed by atoms with van der Waals surface area (Å²) in [5.74, 6) is 0.939. The van der Waals surface area contributed by atoms with Crippen LogP contribution in [0.4, 0.5) is 0 Å². The molecule has 1 N–H and O–H groups in total. The van der Waals surface area contributed by atoms with Crippen molar-refractivity contribution in [2.75, 3.05) is 0 Å². The van der Waals surface area contributed by atoms with Crippen LogP contribution in [0.25, 0.3) is 0 Å². The molecule has 0 aliphatic carbocycles. The second kappa shape index (κ2) is 2.97. The zero-order chi connectivity index (χ0) is 7.40. The molecule has 4 heteroatoms. The molecule has 1 rings (SSSR count). The zero-order valence-corrected chi connectivity index (χ0v) is 5.70. The minimum atomic E-state index is 0.160. The molecular weight excluding hydrogens is 128 g/mol. The van der Waals surface area contributed by atoms with Crippen LogP contribution in [0.3, 0.4) is 0 Å². The summed E-state index contributed by atoms with van der Waals surface area (Å²) < 4.78 is 0. The van der Waals surface area contributed by atoms with Gasteiger partial charge in [0.1, 0.15) is 12.2 Å². The lowest BCUT2D eigenvalue weighted by atomic mass is 10.1. The first kappa shape index (κ1) is 6.75. The first-order valence-corrected chi connectivity index (χ1v) is 3.07. The maximum atomic E-state index is 8.32. The summed E-state index contributed by atoms with van der Waals surface area (Å²) in [6.45, 7) is 1.93. The fraction of sp³-hybridized carbons (Fsp3) is 0.500. The van der Waals surface area contributed by atoms with E-state index >= 15 is 0 Å². The van der Waals surface area contributed by atoms with Crippen molar-refractivity contribution < 1.29 is 0 Å². The van der Waals surface area contributed by atoms with Gasteiger partial charge in [-0.15, -0.1) is 10.2 Å². The number of nitrogens with one attached hydrogen (secondary N) is 1. The van der Waals surface area contributed by atoms with E-state index in [0.29, 0.717) is 6.42 Å². The summed E-state index contributed by atoms with van der Waals surface area (Å²) in [4.78, 5) is 2.85. The molecule has 0 saturated heterocycles. The van der Waals surface area contributed by atoms with Crippen LogP contribution < -0.4 is 0 Å². The summed E-state index contributed by atoms with van der Waals surface area (Å²) in [7, 11) is 0. The number of aromatic nitrogens is 3. The smallest absolute Gasteiger partial charge is 0.134 e. The molecule has 0 unspecified atom stereocenters. The number of aromatic amines is 1. The molecule has 10 heavy (non-hydrogen) atoms.